The van der Waals surface area contributed by atoms with E-state index in [0.29, 0.717) is 43.2 Å². The van der Waals surface area contributed by atoms with Crippen molar-refractivity contribution in [3.05, 3.63) is 59.8 Å². The normalized spacial score (nSPS) is 15.1. The van der Waals surface area contributed by atoms with Crippen LogP contribution in [-0.2, 0) is 22.4 Å². The van der Waals surface area contributed by atoms with Gasteiger partial charge in [-0.2, -0.15) is 5.10 Å². The number of hydrogen-bond donors (Lipinski definition) is 1. The second-order valence-electron chi connectivity index (χ2n) is 8.41. The molecule has 4 rings (SSSR count). The number of rotatable bonds is 11. The fourth-order valence-electron chi connectivity index (χ4n) is 4.15. The molecule has 0 saturated carbocycles. The summed E-state index contributed by atoms with van der Waals surface area (Å²) in [6, 6.07) is 15.1. The van der Waals surface area contributed by atoms with Crippen LogP contribution >= 0.6 is 0 Å². The first-order valence-electron chi connectivity index (χ1n) is 12.1. The zero-order valence-electron chi connectivity index (χ0n) is 20.6. The van der Waals surface area contributed by atoms with Crippen molar-refractivity contribution in [1.82, 2.24) is 15.1 Å². The molecule has 8 heteroatoms. The first kappa shape index (κ1) is 24.6. The predicted molar refractivity (Wildman–Crippen MR) is 133 cm³/mol. The van der Waals surface area contributed by atoms with E-state index < -0.39 is 0 Å². The quantitative estimate of drug-likeness (QED) is 0.437. The monoisotopic (exact) mass is 479 g/mol. The maximum absolute atomic E-state index is 12.6. The molecule has 0 aliphatic carbocycles. The van der Waals surface area contributed by atoms with Gasteiger partial charge in [-0.25, -0.2) is 4.68 Å². The summed E-state index contributed by atoms with van der Waals surface area (Å²) in [6.45, 7) is 3.38. The number of methoxy groups -OCH3 is 2. The van der Waals surface area contributed by atoms with E-state index in [0.717, 1.165) is 42.1 Å². The van der Waals surface area contributed by atoms with Crippen LogP contribution in [0.5, 0.6) is 23.1 Å². The van der Waals surface area contributed by atoms with Crippen molar-refractivity contribution in [2.45, 2.75) is 45.1 Å². The molecular formula is C27H33N3O5. The lowest BCUT2D eigenvalue weighted by molar-refractivity contribution is -0.121. The lowest BCUT2D eigenvalue weighted by Crippen LogP contribution is -2.31. The Labute approximate surface area is 206 Å². The number of hydrogen-bond acceptors (Lipinski definition) is 6. The van der Waals surface area contributed by atoms with E-state index in [4.69, 9.17) is 24.0 Å². The van der Waals surface area contributed by atoms with Crippen LogP contribution in [0.15, 0.2) is 48.5 Å². The molecule has 2 heterocycles. The average Bonchev–Trinajstić information content (AvgIpc) is 3.54. The van der Waals surface area contributed by atoms with Gasteiger partial charge in [-0.1, -0.05) is 13.0 Å². The van der Waals surface area contributed by atoms with Gasteiger partial charge in [0.05, 0.1) is 31.7 Å². The van der Waals surface area contributed by atoms with E-state index in [9.17, 15) is 4.79 Å². The van der Waals surface area contributed by atoms with Gasteiger partial charge in [0.1, 0.15) is 17.2 Å². The van der Waals surface area contributed by atoms with E-state index in [1.54, 1.807) is 18.9 Å². The summed E-state index contributed by atoms with van der Waals surface area (Å²) in [5.41, 5.74) is 2.65. The molecule has 0 radical (unpaired) electrons. The molecular weight excluding hydrogens is 446 g/mol. The summed E-state index contributed by atoms with van der Waals surface area (Å²) < 4.78 is 24.4. The second-order valence-corrected chi connectivity index (χ2v) is 8.41. The number of ether oxygens (including phenoxy) is 4. The number of aryl methyl sites for hydroxylation is 1. The van der Waals surface area contributed by atoms with Gasteiger partial charge in [-0.15, -0.1) is 0 Å². The third-order valence-electron chi connectivity index (χ3n) is 6.08. The van der Waals surface area contributed by atoms with Crippen LogP contribution in [-0.4, -0.2) is 49.2 Å². The molecule has 1 fully saturated rings. The Balaban J connectivity index is 1.61. The topological polar surface area (TPSA) is 83.8 Å². The van der Waals surface area contributed by atoms with Gasteiger partial charge < -0.3 is 24.3 Å². The number of nitrogens with zero attached hydrogens (tertiary/aromatic N) is 2. The van der Waals surface area contributed by atoms with Gasteiger partial charge in [0, 0.05) is 31.2 Å². The third kappa shape index (κ3) is 6.14. The molecule has 1 amide bonds. The van der Waals surface area contributed by atoms with Crippen molar-refractivity contribution >= 4 is 5.91 Å². The van der Waals surface area contributed by atoms with E-state index in [-0.39, 0.29) is 12.0 Å². The number of carbonyl (C=O) groups excluding carboxylic acids is 1. The van der Waals surface area contributed by atoms with Gasteiger partial charge in [-0.3, -0.25) is 4.79 Å². The molecule has 1 saturated heterocycles. The first-order valence-corrected chi connectivity index (χ1v) is 12.1. The van der Waals surface area contributed by atoms with Crippen LogP contribution in [0, 0.1) is 0 Å². The number of benzene rings is 2. The Hall–Kier alpha value is -3.52. The highest BCUT2D eigenvalue weighted by Crippen LogP contribution is 2.33. The Bertz CT molecular complexity index is 1120. The van der Waals surface area contributed by atoms with Crippen LogP contribution in [0.25, 0.3) is 5.69 Å². The van der Waals surface area contributed by atoms with Crippen LogP contribution in [0.4, 0.5) is 0 Å². The molecule has 1 aliphatic rings. The van der Waals surface area contributed by atoms with Crippen LogP contribution in [0.1, 0.15) is 37.4 Å². The van der Waals surface area contributed by atoms with Crippen LogP contribution < -0.4 is 19.5 Å². The SMILES string of the molecule is CCc1nn(-c2ccc(OC)cc2)c(Oc2cccc(OC)c2)c1CCC(=O)NCC1CCCO1. The fraction of sp³-hybridized carbons (Fsp3) is 0.407. The van der Waals surface area contributed by atoms with Gasteiger partial charge in [0.2, 0.25) is 11.8 Å². The lowest BCUT2D eigenvalue weighted by atomic mass is 10.1. The highest BCUT2D eigenvalue weighted by molar-refractivity contribution is 5.76. The summed E-state index contributed by atoms with van der Waals surface area (Å²) in [5.74, 6) is 2.67. The van der Waals surface area contributed by atoms with Crippen molar-refractivity contribution in [1.29, 1.82) is 0 Å². The minimum absolute atomic E-state index is 0.00733. The second kappa shape index (κ2) is 11.8. The third-order valence-corrected chi connectivity index (χ3v) is 6.08. The summed E-state index contributed by atoms with van der Waals surface area (Å²) in [5, 5.41) is 7.85. The minimum Gasteiger partial charge on any atom is -0.497 e. The standard InChI is InChI=1S/C27H33N3O5/c1-4-25-24(14-15-26(31)28-18-23-9-6-16-34-23)27(35-22-8-5-7-21(17-22)33-3)30(29-25)19-10-12-20(32-2)13-11-19/h5,7-8,10-13,17,23H,4,6,9,14-16,18H2,1-3H3,(H,28,31). The van der Waals surface area contributed by atoms with Crippen LogP contribution in [0.3, 0.4) is 0 Å². The number of nitrogens with one attached hydrogen (secondary N) is 1. The number of aromatic nitrogens is 2. The highest BCUT2D eigenvalue weighted by atomic mass is 16.5. The Morgan fingerprint density at radius 2 is 1.89 bits per heavy atom. The molecule has 8 nitrogen and oxygen atoms in total. The fourth-order valence-corrected chi connectivity index (χ4v) is 4.15. The van der Waals surface area contributed by atoms with Gasteiger partial charge >= 0.3 is 0 Å². The molecule has 1 N–H and O–H groups in total. The largest absolute Gasteiger partial charge is 0.497 e. The van der Waals surface area contributed by atoms with E-state index in [2.05, 4.69) is 12.2 Å². The van der Waals surface area contributed by atoms with Gasteiger partial charge in [0.25, 0.3) is 0 Å². The smallest absolute Gasteiger partial charge is 0.226 e. The Morgan fingerprint density at radius 3 is 2.57 bits per heavy atom. The van der Waals surface area contributed by atoms with Gasteiger partial charge in [-0.05, 0) is 62.1 Å². The highest BCUT2D eigenvalue weighted by Gasteiger charge is 2.22. The molecule has 186 valence electrons. The molecule has 1 atom stereocenters. The maximum atomic E-state index is 12.6. The van der Waals surface area contributed by atoms with Crippen molar-refractivity contribution in [3.8, 4) is 28.8 Å². The Kier molecular flexibility index (Phi) is 8.26. The molecule has 3 aromatic rings. The van der Waals surface area contributed by atoms with Crippen molar-refractivity contribution in [2.75, 3.05) is 27.4 Å². The van der Waals surface area contributed by atoms with Crippen molar-refractivity contribution in [2.24, 2.45) is 0 Å². The number of amides is 1. The first-order chi connectivity index (χ1) is 17.1. The number of carbonyl (C=O) groups is 1. The molecule has 0 bridgehead atoms. The molecule has 1 unspecified atom stereocenters. The van der Waals surface area contributed by atoms with Crippen molar-refractivity contribution in [3.63, 3.8) is 0 Å². The zero-order chi connectivity index (χ0) is 24.6. The summed E-state index contributed by atoms with van der Waals surface area (Å²) in [7, 11) is 3.26. The van der Waals surface area contributed by atoms with E-state index >= 15 is 0 Å². The van der Waals surface area contributed by atoms with Gasteiger partial charge in [0.15, 0.2) is 0 Å². The van der Waals surface area contributed by atoms with Crippen LogP contribution in [0.2, 0.25) is 0 Å². The summed E-state index contributed by atoms with van der Waals surface area (Å²) in [4.78, 5) is 12.6. The maximum Gasteiger partial charge on any atom is 0.226 e. The molecule has 35 heavy (non-hydrogen) atoms. The minimum atomic E-state index is -0.00733. The lowest BCUT2D eigenvalue weighted by Gasteiger charge is -2.13. The zero-order valence-corrected chi connectivity index (χ0v) is 20.6. The molecule has 1 aliphatic heterocycles. The average molecular weight is 480 g/mol. The Morgan fingerprint density at radius 1 is 1.11 bits per heavy atom. The van der Waals surface area contributed by atoms with E-state index in [1.165, 1.54) is 0 Å². The molecule has 0 spiro atoms. The summed E-state index contributed by atoms with van der Waals surface area (Å²) in [6.07, 6.45) is 3.72. The molecule has 1 aromatic heterocycles. The van der Waals surface area contributed by atoms with Crippen molar-refractivity contribution < 1.29 is 23.7 Å². The predicted octanol–water partition coefficient (Wildman–Crippen LogP) is 4.47. The summed E-state index contributed by atoms with van der Waals surface area (Å²) >= 11 is 0. The van der Waals surface area contributed by atoms with E-state index in [1.807, 2.05) is 48.5 Å². The molecule has 2 aromatic carbocycles.